The number of carboxylic acid groups (broad SMARTS) is 1. The van der Waals surface area contributed by atoms with E-state index < -0.39 is 77.6 Å². The van der Waals surface area contributed by atoms with Crippen LogP contribution >= 0.6 is 11.8 Å². The molecule has 0 saturated carbocycles. The van der Waals surface area contributed by atoms with E-state index in [4.69, 9.17) is 17.2 Å². The van der Waals surface area contributed by atoms with E-state index in [0.717, 1.165) is 0 Å². The van der Waals surface area contributed by atoms with E-state index in [1.54, 1.807) is 0 Å². The normalized spacial score (nSPS) is 27.4. The van der Waals surface area contributed by atoms with Crippen molar-refractivity contribution in [1.29, 1.82) is 0 Å². The number of aliphatic hydroxyl groups excluding tert-OH is 1. The highest BCUT2D eigenvalue weighted by molar-refractivity contribution is 8.01. The lowest BCUT2D eigenvalue weighted by Gasteiger charge is -2.33. The van der Waals surface area contributed by atoms with E-state index in [1.165, 1.54) is 14.0 Å². The number of carbonyl (C=O) groups excluding carboxylic acids is 5. The van der Waals surface area contributed by atoms with Crippen LogP contribution in [0.2, 0.25) is 0 Å². The van der Waals surface area contributed by atoms with Crippen LogP contribution in [-0.4, -0.2) is 107 Å². The highest BCUT2D eigenvalue weighted by Gasteiger charge is 2.43. The SMILES string of the molecule is CN[C@H]1CS[C@](CCCN=C(N)N)(C(=O)O)NC(=O)[C@H](CC(N)=O)NC(=O)C(C)NC(=O)C(CO)NC1=O. The fourth-order valence-electron chi connectivity index (χ4n) is 3.28. The predicted octanol–water partition coefficient (Wildman–Crippen LogP) is -5.39. The standard InChI is InChI=1S/C20H35N9O8S/c1-9-14(32)27-10(6-13(21)31)17(35)29-20(18(36)37,4-3-5-25-19(22)23)38-8-12(24-2)16(34)28-11(7-30)15(33)26-9/h9-12,24,30H,3-8H2,1-2H3,(H2,21,31)(H,26,33)(H,27,32)(H,28,34)(H,29,35)(H,36,37)(H4,22,23,25)/t9?,10-,11?,12-,20+/m0/s1. The summed E-state index contributed by atoms with van der Waals surface area (Å²) in [6, 6.07) is -5.37. The second-order valence-electron chi connectivity index (χ2n) is 8.39. The third-order valence-electron chi connectivity index (χ3n) is 5.42. The third kappa shape index (κ3) is 9.67. The van der Waals surface area contributed by atoms with Crippen molar-refractivity contribution >= 4 is 53.2 Å². The minimum Gasteiger partial charge on any atom is -0.479 e. The van der Waals surface area contributed by atoms with Crippen molar-refractivity contribution in [2.45, 2.75) is 55.2 Å². The Balaban J connectivity index is 3.51. The summed E-state index contributed by atoms with van der Waals surface area (Å²) in [5.74, 6) is -6.49. The van der Waals surface area contributed by atoms with E-state index in [1.807, 2.05) is 0 Å². The number of hydrogen-bond donors (Lipinski definition) is 10. The first-order valence-corrected chi connectivity index (χ1v) is 12.5. The van der Waals surface area contributed by atoms with E-state index in [-0.39, 0.29) is 31.1 Å². The van der Waals surface area contributed by atoms with Crippen molar-refractivity contribution in [2.24, 2.45) is 22.2 Å². The van der Waals surface area contributed by atoms with E-state index in [2.05, 4.69) is 31.6 Å². The number of aliphatic carboxylic acids is 1. The molecule has 13 N–H and O–H groups in total. The number of primary amides is 1. The van der Waals surface area contributed by atoms with Gasteiger partial charge in [0.25, 0.3) is 0 Å². The van der Waals surface area contributed by atoms with Crippen LogP contribution in [-0.2, 0) is 28.8 Å². The zero-order valence-electron chi connectivity index (χ0n) is 21.0. The summed E-state index contributed by atoms with van der Waals surface area (Å²) in [5, 5.41) is 31.7. The summed E-state index contributed by atoms with van der Waals surface area (Å²) < 4.78 is 0. The Kier molecular flexibility index (Phi) is 12.7. The van der Waals surface area contributed by atoms with Gasteiger partial charge >= 0.3 is 5.97 Å². The molecule has 1 fully saturated rings. The molecule has 0 aromatic carbocycles. The van der Waals surface area contributed by atoms with Gasteiger partial charge in [-0.05, 0) is 26.8 Å². The minimum absolute atomic E-state index is 0.0225. The lowest BCUT2D eigenvalue weighted by Crippen LogP contribution is -2.60. The number of amides is 5. The molecule has 0 aromatic heterocycles. The summed E-state index contributed by atoms with van der Waals surface area (Å²) in [6.07, 6.45) is -0.811. The van der Waals surface area contributed by atoms with Gasteiger partial charge in [0, 0.05) is 12.3 Å². The van der Waals surface area contributed by atoms with Gasteiger partial charge in [-0.15, -0.1) is 11.8 Å². The van der Waals surface area contributed by atoms with Crippen molar-refractivity contribution in [1.82, 2.24) is 26.6 Å². The molecule has 214 valence electrons. The number of nitrogens with two attached hydrogens (primary N) is 3. The quantitative estimate of drug-likeness (QED) is 0.0717. The molecule has 1 aliphatic rings. The van der Waals surface area contributed by atoms with Gasteiger partial charge in [0.2, 0.25) is 29.5 Å². The van der Waals surface area contributed by atoms with Crippen LogP contribution in [0, 0.1) is 0 Å². The molecule has 0 aromatic rings. The predicted molar refractivity (Wildman–Crippen MR) is 136 cm³/mol. The lowest BCUT2D eigenvalue weighted by atomic mass is 10.1. The number of nitrogens with zero attached hydrogens (tertiary/aromatic N) is 1. The summed E-state index contributed by atoms with van der Waals surface area (Å²) in [7, 11) is 1.42. The second kappa shape index (κ2) is 14.9. The van der Waals surface area contributed by atoms with Crippen LogP contribution in [0.5, 0.6) is 0 Å². The van der Waals surface area contributed by atoms with Crippen molar-refractivity contribution in [3.8, 4) is 0 Å². The number of aliphatic hydroxyl groups is 1. The summed E-state index contributed by atoms with van der Waals surface area (Å²) in [6.45, 7) is 0.483. The van der Waals surface area contributed by atoms with Gasteiger partial charge in [-0.2, -0.15) is 0 Å². The van der Waals surface area contributed by atoms with E-state index in [9.17, 15) is 39.0 Å². The highest BCUT2D eigenvalue weighted by atomic mass is 32.2. The van der Waals surface area contributed by atoms with Gasteiger partial charge in [-0.3, -0.25) is 29.0 Å². The van der Waals surface area contributed by atoms with Gasteiger partial charge in [0.1, 0.15) is 18.1 Å². The Morgan fingerprint density at radius 1 is 1.05 bits per heavy atom. The molecule has 38 heavy (non-hydrogen) atoms. The molecule has 5 atom stereocenters. The van der Waals surface area contributed by atoms with Gasteiger partial charge in [-0.1, -0.05) is 0 Å². The van der Waals surface area contributed by atoms with Crippen LogP contribution in [0.1, 0.15) is 26.2 Å². The Bertz CT molecular complexity index is 945. The number of rotatable bonds is 9. The highest BCUT2D eigenvalue weighted by Crippen LogP contribution is 2.30. The molecule has 5 amide bonds. The fraction of sp³-hybridized carbons (Fsp3) is 0.650. The monoisotopic (exact) mass is 561 g/mol. The maximum absolute atomic E-state index is 13.2. The van der Waals surface area contributed by atoms with Gasteiger partial charge in [0.05, 0.1) is 19.1 Å². The lowest BCUT2D eigenvalue weighted by molar-refractivity contribution is -0.144. The van der Waals surface area contributed by atoms with Crippen LogP contribution < -0.4 is 43.8 Å². The Labute approximate surface area is 222 Å². The zero-order chi connectivity index (χ0) is 29.0. The average molecular weight is 562 g/mol. The smallest absolute Gasteiger partial charge is 0.340 e. The second-order valence-corrected chi connectivity index (χ2v) is 9.71. The van der Waals surface area contributed by atoms with Gasteiger partial charge in [0.15, 0.2) is 10.8 Å². The van der Waals surface area contributed by atoms with Crippen molar-refractivity contribution in [2.75, 3.05) is 26.0 Å². The molecular formula is C20H35N9O8S. The first-order valence-electron chi connectivity index (χ1n) is 11.5. The number of hydrogen-bond acceptors (Lipinski definition) is 10. The topological polar surface area (TPSA) is 293 Å². The molecule has 1 saturated heterocycles. The summed E-state index contributed by atoms with van der Waals surface area (Å²) in [5.41, 5.74) is 15.8. The molecule has 0 aliphatic carbocycles. The molecular weight excluding hydrogens is 526 g/mol. The molecule has 0 spiro atoms. The minimum atomic E-state index is -2.05. The van der Waals surface area contributed by atoms with E-state index >= 15 is 0 Å². The van der Waals surface area contributed by atoms with Crippen LogP contribution in [0.15, 0.2) is 4.99 Å². The number of carbonyl (C=O) groups is 6. The largest absolute Gasteiger partial charge is 0.479 e. The number of carboxylic acids is 1. The Morgan fingerprint density at radius 3 is 2.21 bits per heavy atom. The van der Waals surface area contributed by atoms with Gasteiger partial charge in [-0.25, -0.2) is 4.79 Å². The summed E-state index contributed by atoms with van der Waals surface area (Å²) in [4.78, 5) is 77.1. The number of likely N-dealkylation sites (N-methyl/N-ethyl adjacent to an activating group) is 1. The number of guanidine groups is 1. The number of aliphatic imine (C=N–C) groups is 1. The van der Waals surface area contributed by atoms with Crippen molar-refractivity contribution in [3.63, 3.8) is 0 Å². The average Bonchev–Trinajstić information content (AvgIpc) is 2.83. The first kappa shape index (κ1) is 32.4. The molecule has 1 rings (SSSR count). The van der Waals surface area contributed by atoms with Crippen LogP contribution in [0.25, 0.3) is 0 Å². The maximum atomic E-state index is 13.2. The molecule has 1 aliphatic heterocycles. The number of thioether (sulfide) groups is 1. The fourth-order valence-corrected chi connectivity index (χ4v) is 4.64. The molecule has 0 bridgehead atoms. The molecule has 18 heteroatoms. The molecule has 0 radical (unpaired) electrons. The molecule has 2 unspecified atom stereocenters. The van der Waals surface area contributed by atoms with Crippen molar-refractivity contribution in [3.05, 3.63) is 0 Å². The van der Waals surface area contributed by atoms with Gasteiger partial charge < -0.3 is 54.0 Å². The first-order chi connectivity index (χ1) is 17.8. The number of nitrogens with one attached hydrogen (secondary N) is 5. The third-order valence-corrected chi connectivity index (χ3v) is 6.89. The maximum Gasteiger partial charge on any atom is 0.340 e. The van der Waals surface area contributed by atoms with Crippen molar-refractivity contribution < 1.29 is 39.0 Å². The van der Waals surface area contributed by atoms with Crippen LogP contribution in [0.4, 0.5) is 0 Å². The molecule has 17 nitrogen and oxygen atoms in total. The molecule has 1 heterocycles. The summed E-state index contributed by atoms with van der Waals surface area (Å²) >= 11 is 0.682. The Hall–Kier alpha value is -3.64. The van der Waals surface area contributed by atoms with E-state index in [0.29, 0.717) is 11.8 Å². The zero-order valence-corrected chi connectivity index (χ0v) is 21.8. The Morgan fingerprint density at radius 2 is 1.68 bits per heavy atom. The van der Waals surface area contributed by atoms with Crippen LogP contribution in [0.3, 0.4) is 0 Å².